The van der Waals surface area contributed by atoms with Gasteiger partial charge in [0, 0.05) is 5.69 Å². The molecule has 0 aliphatic rings. The van der Waals surface area contributed by atoms with Crippen LogP contribution in [0.5, 0.6) is 0 Å². The van der Waals surface area contributed by atoms with Gasteiger partial charge >= 0.3 is 0 Å². The summed E-state index contributed by atoms with van der Waals surface area (Å²) in [6.45, 7) is 9.79. The second-order valence-corrected chi connectivity index (χ2v) is 11.0. The minimum Gasteiger partial charge on any atom is -0.280 e. The maximum absolute atomic E-state index is 12.9. The lowest BCUT2D eigenvalue weighted by atomic mass is 9.85. The van der Waals surface area contributed by atoms with E-state index in [2.05, 4.69) is 30.2 Å². The second kappa shape index (κ2) is 7.26. The van der Waals surface area contributed by atoms with E-state index < -0.39 is 20.0 Å². The third-order valence-electron chi connectivity index (χ3n) is 4.28. The van der Waals surface area contributed by atoms with Crippen molar-refractivity contribution in [3.05, 3.63) is 53.1 Å². The van der Waals surface area contributed by atoms with E-state index in [1.807, 2.05) is 12.1 Å². The first-order valence-electron chi connectivity index (χ1n) is 8.46. The van der Waals surface area contributed by atoms with E-state index in [-0.39, 0.29) is 15.2 Å². The Bertz CT molecular complexity index is 1030. The predicted molar refractivity (Wildman–Crippen MR) is 108 cm³/mol. The highest BCUT2D eigenvalue weighted by atomic mass is 32.2. The van der Waals surface area contributed by atoms with Gasteiger partial charge in [0.2, 0.25) is 10.0 Å². The quantitative estimate of drug-likeness (QED) is 0.791. The summed E-state index contributed by atoms with van der Waals surface area (Å²) in [5.41, 5.74) is 2.62. The standard InChI is InChI=1S/C19H26N2O4S2/c1-13-11-15(19(3,4)5)12-14(2)18(13)27(24,25)21-16-7-9-17(10-8-16)26(22,23)20-6/h7-12,20-21H,1-6H3. The summed E-state index contributed by atoms with van der Waals surface area (Å²) in [6, 6.07) is 9.35. The van der Waals surface area contributed by atoms with E-state index in [1.165, 1.54) is 31.3 Å². The highest BCUT2D eigenvalue weighted by Crippen LogP contribution is 2.30. The molecule has 8 heteroatoms. The molecule has 0 amide bonds. The van der Waals surface area contributed by atoms with Crippen molar-refractivity contribution in [2.24, 2.45) is 0 Å². The number of rotatable bonds is 5. The summed E-state index contributed by atoms with van der Waals surface area (Å²) in [5.74, 6) is 0. The van der Waals surface area contributed by atoms with Gasteiger partial charge in [0.15, 0.2) is 0 Å². The fourth-order valence-corrected chi connectivity index (χ4v) is 5.08. The van der Waals surface area contributed by atoms with Crippen LogP contribution in [-0.2, 0) is 25.5 Å². The summed E-state index contributed by atoms with van der Waals surface area (Å²) < 4.78 is 54.1. The van der Waals surface area contributed by atoms with E-state index in [0.717, 1.165) is 5.56 Å². The van der Waals surface area contributed by atoms with Crippen molar-refractivity contribution in [2.45, 2.75) is 49.8 Å². The molecule has 0 radical (unpaired) electrons. The summed E-state index contributed by atoms with van der Waals surface area (Å²) in [6.07, 6.45) is 0. The lowest BCUT2D eigenvalue weighted by molar-refractivity contribution is 0.585. The number of sulfonamides is 2. The van der Waals surface area contributed by atoms with Gasteiger partial charge in [0.05, 0.1) is 9.79 Å². The van der Waals surface area contributed by atoms with E-state index >= 15 is 0 Å². The normalized spacial score (nSPS) is 12.8. The van der Waals surface area contributed by atoms with Gasteiger partial charge in [-0.2, -0.15) is 0 Å². The summed E-state index contributed by atoms with van der Waals surface area (Å²) >= 11 is 0. The summed E-state index contributed by atoms with van der Waals surface area (Å²) in [5, 5.41) is 0. The highest BCUT2D eigenvalue weighted by Gasteiger charge is 2.23. The van der Waals surface area contributed by atoms with Gasteiger partial charge < -0.3 is 0 Å². The smallest absolute Gasteiger partial charge is 0.262 e. The molecule has 2 aromatic carbocycles. The van der Waals surface area contributed by atoms with Gasteiger partial charge in [0.1, 0.15) is 0 Å². The molecule has 0 saturated heterocycles. The third kappa shape index (κ3) is 4.69. The van der Waals surface area contributed by atoms with Crippen molar-refractivity contribution >= 4 is 25.7 Å². The van der Waals surface area contributed by atoms with Crippen molar-refractivity contribution in [3.8, 4) is 0 Å². The molecule has 2 N–H and O–H groups in total. The Hall–Kier alpha value is -1.90. The average Bonchev–Trinajstić information content (AvgIpc) is 2.53. The number of aryl methyl sites for hydroxylation is 2. The second-order valence-electron chi connectivity index (χ2n) is 7.53. The van der Waals surface area contributed by atoms with Crippen LogP contribution in [-0.4, -0.2) is 23.9 Å². The van der Waals surface area contributed by atoms with Crippen LogP contribution in [0.1, 0.15) is 37.5 Å². The lowest BCUT2D eigenvalue weighted by Gasteiger charge is -2.22. The predicted octanol–water partition coefficient (Wildman–Crippen LogP) is 3.31. The topological polar surface area (TPSA) is 92.3 Å². The van der Waals surface area contributed by atoms with Crippen molar-refractivity contribution < 1.29 is 16.8 Å². The first kappa shape index (κ1) is 21.4. The van der Waals surface area contributed by atoms with Crippen molar-refractivity contribution in [3.63, 3.8) is 0 Å². The number of hydrogen-bond acceptors (Lipinski definition) is 4. The zero-order valence-electron chi connectivity index (χ0n) is 16.4. The Kier molecular flexibility index (Phi) is 5.75. The molecule has 0 aliphatic carbocycles. The Morgan fingerprint density at radius 2 is 1.30 bits per heavy atom. The van der Waals surface area contributed by atoms with Crippen LogP contribution in [0.2, 0.25) is 0 Å². The third-order valence-corrected chi connectivity index (χ3v) is 7.40. The molecule has 148 valence electrons. The van der Waals surface area contributed by atoms with Crippen molar-refractivity contribution in [1.29, 1.82) is 0 Å². The highest BCUT2D eigenvalue weighted by molar-refractivity contribution is 7.92. The van der Waals surface area contributed by atoms with Gasteiger partial charge in [-0.1, -0.05) is 32.9 Å². The molecule has 0 saturated carbocycles. The Labute approximate surface area is 162 Å². The molecular formula is C19H26N2O4S2. The number of hydrogen-bond donors (Lipinski definition) is 2. The van der Waals surface area contributed by atoms with Crippen LogP contribution < -0.4 is 9.44 Å². The zero-order chi connectivity index (χ0) is 20.6. The number of anilines is 1. The molecule has 0 fully saturated rings. The van der Waals surface area contributed by atoms with Crippen LogP contribution in [0, 0.1) is 13.8 Å². The van der Waals surface area contributed by atoms with Crippen LogP contribution >= 0.6 is 0 Å². The van der Waals surface area contributed by atoms with E-state index in [1.54, 1.807) is 13.8 Å². The number of benzene rings is 2. The van der Waals surface area contributed by atoms with Gasteiger partial charge in [-0.3, -0.25) is 4.72 Å². The minimum atomic E-state index is -3.81. The molecular weight excluding hydrogens is 384 g/mol. The molecule has 0 aliphatic heterocycles. The maximum Gasteiger partial charge on any atom is 0.262 e. The molecule has 2 aromatic rings. The Morgan fingerprint density at radius 3 is 1.70 bits per heavy atom. The molecule has 0 unspecified atom stereocenters. The monoisotopic (exact) mass is 410 g/mol. The molecule has 2 rings (SSSR count). The van der Waals surface area contributed by atoms with Gasteiger partial charge in [-0.25, -0.2) is 21.6 Å². The fraction of sp³-hybridized carbons (Fsp3) is 0.368. The van der Waals surface area contributed by atoms with Crippen LogP contribution in [0.15, 0.2) is 46.2 Å². The van der Waals surface area contributed by atoms with E-state index in [0.29, 0.717) is 16.8 Å². The first-order valence-corrected chi connectivity index (χ1v) is 11.4. The van der Waals surface area contributed by atoms with Crippen LogP contribution in [0.25, 0.3) is 0 Å². The van der Waals surface area contributed by atoms with Gasteiger partial charge in [-0.15, -0.1) is 0 Å². The van der Waals surface area contributed by atoms with Crippen LogP contribution in [0.4, 0.5) is 5.69 Å². The molecule has 6 nitrogen and oxygen atoms in total. The molecule has 0 heterocycles. The van der Waals surface area contributed by atoms with Crippen LogP contribution in [0.3, 0.4) is 0 Å². The lowest BCUT2D eigenvalue weighted by Crippen LogP contribution is -2.19. The van der Waals surface area contributed by atoms with Gasteiger partial charge in [-0.05, 0) is 67.3 Å². The Morgan fingerprint density at radius 1 is 0.815 bits per heavy atom. The average molecular weight is 411 g/mol. The largest absolute Gasteiger partial charge is 0.280 e. The molecule has 0 atom stereocenters. The minimum absolute atomic E-state index is 0.0647. The van der Waals surface area contributed by atoms with E-state index in [9.17, 15) is 16.8 Å². The SMILES string of the molecule is CNS(=O)(=O)c1ccc(NS(=O)(=O)c2c(C)cc(C(C)(C)C)cc2C)cc1. The zero-order valence-corrected chi connectivity index (χ0v) is 18.0. The van der Waals surface area contributed by atoms with Crippen molar-refractivity contribution in [1.82, 2.24) is 4.72 Å². The van der Waals surface area contributed by atoms with E-state index in [4.69, 9.17) is 0 Å². The fourth-order valence-electron chi connectivity index (χ4n) is 2.83. The first-order chi connectivity index (χ1) is 12.3. The summed E-state index contributed by atoms with van der Waals surface area (Å²) in [7, 11) is -6.06. The Balaban J connectivity index is 2.40. The molecule has 0 bridgehead atoms. The summed E-state index contributed by atoms with van der Waals surface area (Å²) in [4.78, 5) is 0.303. The molecule has 27 heavy (non-hydrogen) atoms. The number of nitrogens with one attached hydrogen (secondary N) is 2. The van der Waals surface area contributed by atoms with Crippen molar-refractivity contribution in [2.75, 3.05) is 11.8 Å². The molecule has 0 aromatic heterocycles. The maximum atomic E-state index is 12.9. The molecule has 0 spiro atoms. The van der Waals surface area contributed by atoms with Gasteiger partial charge in [0.25, 0.3) is 10.0 Å².